The van der Waals surface area contributed by atoms with E-state index in [1.54, 1.807) is 18.3 Å². The maximum absolute atomic E-state index is 12.3. The van der Waals surface area contributed by atoms with Crippen LogP contribution in [0, 0.1) is 6.92 Å². The highest BCUT2D eigenvalue weighted by Crippen LogP contribution is 2.26. The second kappa shape index (κ2) is 6.43. The van der Waals surface area contributed by atoms with Crippen LogP contribution in [0.2, 0.25) is 0 Å². The monoisotopic (exact) mass is 346 g/mol. The predicted octanol–water partition coefficient (Wildman–Crippen LogP) is 4.69. The molecular weight excluding hydrogens is 333 g/mol. The van der Waals surface area contributed by atoms with Crippen molar-refractivity contribution in [2.24, 2.45) is 0 Å². The molecule has 1 N–H and O–H groups in total. The quantitative estimate of drug-likeness (QED) is 0.748. The standard InChI is InChI=1S/C18H13F3N2O2/c1-11-4-9-15(14-3-2-10-22-16(11)14)23-17(24)12-5-7-13(8-6-12)25-18(19,20)21/h2-10H,1H3,(H,23,24). The second-order valence-electron chi connectivity index (χ2n) is 5.36. The number of ether oxygens (including phenoxy) is 1. The molecule has 0 radical (unpaired) electrons. The van der Waals surface area contributed by atoms with E-state index in [9.17, 15) is 18.0 Å². The first-order chi connectivity index (χ1) is 11.8. The lowest BCUT2D eigenvalue weighted by molar-refractivity contribution is -0.274. The van der Waals surface area contributed by atoms with Crippen LogP contribution in [-0.4, -0.2) is 17.3 Å². The summed E-state index contributed by atoms with van der Waals surface area (Å²) >= 11 is 0. The van der Waals surface area contributed by atoms with Crippen molar-refractivity contribution >= 4 is 22.5 Å². The fourth-order valence-corrected chi connectivity index (χ4v) is 2.43. The van der Waals surface area contributed by atoms with Crippen LogP contribution in [0.1, 0.15) is 15.9 Å². The largest absolute Gasteiger partial charge is 0.573 e. The Kier molecular flexibility index (Phi) is 4.31. The van der Waals surface area contributed by atoms with Crippen LogP contribution in [0.15, 0.2) is 54.7 Å². The Balaban J connectivity index is 1.82. The molecule has 0 aliphatic rings. The first kappa shape index (κ1) is 16.8. The van der Waals surface area contributed by atoms with Crippen molar-refractivity contribution in [2.75, 3.05) is 5.32 Å². The number of pyridine rings is 1. The lowest BCUT2D eigenvalue weighted by Gasteiger charge is -2.11. The number of amides is 1. The first-order valence-electron chi connectivity index (χ1n) is 7.35. The fraction of sp³-hybridized carbons (Fsp3) is 0.111. The van der Waals surface area contributed by atoms with Crippen LogP contribution in [-0.2, 0) is 0 Å². The molecule has 0 fully saturated rings. The minimum Gasteiger partial charge on any atom is -0.406 e. The number of aromatic nitrogens is 1. The summed E-state index contributed by atoms with van der Waals surface area (Å²) < 4.78 is 40.3. The van der Waals surface area contributed by atoms with Gasteiger partial charge in [0, 0.05) is 17.1 Å². The molecule has 0 aliphatic carbocycles. The Bertz CT molecular complexity index is 922. The van der Waals surface area contributed by atoms with Gasteiger partial charge in [-0.05, 0) is 55.0 Å². The third-order valence-electron chi connectivity index (χ3n) is 3.57. The third kappa shape index (κ3) is 3.88. The Labute approximate surface area is 141 Å². The summed E-state index contributed by atoms with van der Waals surface area (Å²) in [6.45, 7) is 1.92. The molecule has 0 saturated heterocycles. The molecule has 3 aromatic rings. The summed E-state index contributed by atoms with van der Waals surface area (Å²) in [4.78, 5) is 16.6. The molecule has 25 heavy (non-hydrogen) atoms. The highest BCUT2D eigenvalue weighted by Gasteiger charge is 2.31. The molecule has 0 unspecified atom stereocenters. The molecular formula is C18H13F3N2O2. The number of hydrogen-bond acceptors (Lipinski definition) is 3. The molecule has 4 nitrogen and oxygen atoms in total. The molecule has 128 valence electrons. The zero-order valence-corrected chi connectivity index (χ0v) is 13.1. The second-order valence-corrected chi connectivity index (χ2v) is 5.36. The number of fused-ring (bicyclic) bond motifs is 1. The maximum atomic E-state index is 12.3. The SMILES string of the molecule is Cc1ccc(NC(=O)c2ccc(OC(F)(F)F)cc2)c2cccnc12. The van der Waals surface area contributed by atoms with Gasteiger partial charge in [0.15, 0.2) is 0 Å². The smallest absolute Gasteiger partial charge is 0.406 e. The van der Waals surface area contributed by atoms with Crippen molar-refractivity contribution in [3.8, 4) is 5.75 Å². The van der Waals surface area contributed by atoms with Crippen molar-refractivity contribution in [1.82, 2.24) is 4.98 Å². The number of carbonyl (C=O) groups is 1. The van der Waals surface area contributed by atoms with Gasteiger partial charge in [0.25, 0.3) is 5.91 Å². The first-order valence-corrected chi connectivity index (χ1v) is 7.35. The molecule has 0 spiro atoms. The van der Waals surface area contributed by atoms with Crippen LogP contribution in [0.4, 0.5) is 18.9 Å². The molecule has 0 saturated carbocycles. The zero-order valence-electron chi connectivity index (χ0n) is 13.1. The maximum Gasteiger partial charge on any atom is 0.573 e. The fourth-order valence-electron chi connectivity index (χ4n) is 2.43. The van der Waals surface area contributed by atoms with Crippen LogP contribution in [0.3, 0.4) is 0 Å². The van der Waals surface area contributed by atoms with Gasteiger partial charge in [-0.3, -0.25) is 9.78 Å². The number of benzene rings is 2. The third-order valence-corrected chi connectivity index (χ3v) is 3.57. The lowest BCUT2D eigenvalue weighted by atomic mass is 10.1. The Hall–Kier alpha value is -3.09. The molecule has 7 heteroatoms. The van der Waals surface area contributed by atoms with Gasteiger partial charge in [-0.1, -0.05) is 6.07 Å². The molecule has 3 rings (SSSR count). The number of hydrogen-bond donors (Lipinski definition) is 1. The van der Waals surface area contributed by atoms with Gasteiger partial charge in [0.05, 0.1) is 11.2 Å². The van der Waals surface area contributed by atoms with Gasteiger partial charge >= 0.3 is 6.36 Å². The highest BCUT2D eigenvalue weighted by atomic mass is 19.4. The van der Waals surface area contributed by atoms with E-state index in [4.69, 9.17) is 0 Å². The van der Waals surface area contributed by atoms with Crippen LogP contribution in [0.5, 0.6) is 5.75 Å². The van der Waals surface area contributed by atoms with Crippen LogP contribution >= 0.6 is 0 Å². The number of nitrogens with one attached hydrogen (secondary N) is 1. The number of aryl methyl sites for hydroxylation is 1. The number of alkyl halides is 3. The Morgan fingerprint density at radius 1 is 1.08 bits per heavy atom. The van der Waals surface area contributed by atoms with E-state index in [2.05, 4.69) is 15.0 Å². The minimum atomic E-state index is -4.77. The van der Waals surface area contributed by atoms with Gasteiger partial charge in [0.2, 0.25) is 0 Å². The molecule has 1 aromatic heterocycles. The summed E-state index contributed by atoms with van der Waals surface area (Å²) in [7, 11) is 0. The summed E-state index contributed by atoms with van der Waals surface area (Å²) in [6.07, 6.45) is -3.10. The number of nitrogens with zero attached hydrogens (tertiary/aromatic N) is 1. The average Bonchev–Trinajstić information content (AvgIpc) is 2.57. The lowest BCUT2D eigenvalue weighted by Crippen LogP contribution is -2.17. The van der Waals surface area contributed by atoms with Gasteiger partial charge < -0.3 is 10.1 Å². The van der Waals surface area contributed by atoms with E-state index < -0.39 is 12.3 Å². The number of carbonyl (C=O) groups excluding carboxylic acids is 1. The van der Waals surface area contributed by atoms with Crippen LogP contribution < -0.4 is 10.1 Å². The summed E-state index contributed by atoms with van der Waals surface area (Å²) in [5, 5.41) is 3.54. The average molecular weight is 346 g/mol. The molecule has 1 heterocycles. The van der Waals surface area contributed by atoms with E-state index in [0.29, 0.717) is 5.69 Å². The number of anilines is 1. The number of rotatable bonds is 3. The highest BCUT2D eigenvalue weighted by molar-refractivity contribution is 6.09. The minimum absolute atomic E-state index is 0.215. The van der Waals surface area contributed by atoms with Crippen molar-refractivity contribution < 1.29 is 22.7 Å². The van der Waals surface area contributed by atoms with Gasteiger partial charge in [0.1, 0.15) is 5.75 Å². The number of halogens is 3. The summed E-state index contributed by atoms with van der Waals surface area (Å²) in [5.41, 5.74) is 2.54. The topological polar surface area (TPSA) is 51.2 Å². The summed E-state index contributed by atoms with van der Waals surface area (Å²) in [6, 6.07) is 11.9. The zero-order chi connectivity index (χ0) is 18.0. The van der Waals surface area contributed by atoms with Crippen LogP contribution in [0.25, 0.3) is 10.9 Å². The van der Waals surface area contributed by atoms with E-state index in [0.717, 1.165) is 28.6 Å². The van der Waals surface area contributed by atoms with Gasteiger partial charge in [-0.15, -0.1) is 13.2 Å². The molecule has 1 amide bonds. The molecule has 0 aliphatic heterocycles. The van der Waals surface area contributed by atoms with E-state index in [1.807, 2.05) is 19.1 Å². The Morgan fingerprint density at radius 2 is 1.80 bits per heavy atom. The van der Waals surface area contributed by atoms with E-state index in [-0.39, 0.29) is 11.3 Å². The van der Waals surface area contributed by atoms with E-state index >= 15 is 0 Å². The van der Waals surface area contributed by atoms with Gasteiger partial charge in [-0.2, -0.15) is 0 Å². The molecule has 2 aromatic carbocycles. The van der Waals surface area contributed by atoms with E-state index in [1.165, 1.54) is 12.1 Å². The van der Waals surface area contributed by atoms with Crippen molar-refractivity contribution in [3.63, 3.8) is 0 Å². The normalized spacial score (nSPS) is 11.4. The van der Waals surface area contributed by atoms with Crippen molar-refractivity contribution in [2.45, 2.75) is 13.3 Å². The predicted molar refractivity (Wildman–Crippen MR) is 87.6 cm³/mol. The van der Waals surface area contributed by atoms with Crippen molar-refractivity contribution in [1.29, 1.82) is 0 Å². The molecule has 0 bridgehead atoms. The van der Waals surface area contributed by atoms with Crippen molar-refractivity contribution in [3.05, 3.63) is 65.9 Å². The summed E-state index contributed by atoms with van der Waals surface area (Å²) in [5.74, 6) is -0.818. The molecule has 0 atom stereocenters. The van der Waals surface area contributed by atoms with Gasteiger partial charge in [-0.25, -0.2) is 0 Å². The Morgan fingerprint density at radius 3 is 2.48 bits per heavy atom.